The van der Waals surface area contributed by atoms with Crippen LogP contribution in [0.1, 0.15) is 32.8 Å². The first kappa shape index (κ1) is 13.7. The summed E-state index contributed by atoms with van der Waals surface area (Å²) in [5.74, 6) is 0.675. The molecule has 2 aromatic heterocycles. The molecule has 2 heterocycles. The van der Waals surface area contributed by atoms with Crippen LogP contribution in [-0.2, 0) is 6.54 Å². The van der Waals surface area contributed by atoms with Gasteiger partial charge >= 0.3 is 0 Å². The number of aromatic amines is 1. The maximum absolute atomic E-state index is 4.15. The van der Waals surface area contributed by atoms with Gasteiger partial charge in [0.15, 0.2) is 0 Å². The van der Waals surface area contributed by atoms with Gasteiger partial charge < -0.3 is 5.32 Å². The second kappa shape index (κ2) is 6.48. The molecule has 102 valence electrons. The largest absolute Gasteiger partial charge is 0.310 e. The highest BCUT2D eigenvalue weighted by molar-refractivity contribution is 5.61. The van der Waals surface area contributed by atoms with E-state index in [-0.39, 0.29) is 0 Å². The standard InChI is InChI=1S/C15H22N4/c1-4-11(2)12(3)17-9-14-10-18-19-15(14)13-6-5-7-16-8-13/h5-8,10-12,17H,4,9H2,1-3H3,(H,18,19). The predicted molar refractivity (Wildman–Crippen MR) is 77.6 cm³/mol. The molecule has 2 rings (SSSR count). The highest BCUT2D eigenvalue weighted by Gasteiger charge is 2.12. The van der Waals surface area contributed by atoms with E-state index in [0.717, 1.165) is 17.8 Å². The molecule has 0 saturated carbocycles. The third kappa shape index (κ3) is 3.41. The van der Waals surface area contributed by atoms with Crippen molar-refractivity contribution in [2.24, 2.45) is 5.92 Å². The van der Waals surface area contributed by atoms with Crippen LogP contribution in [0.15, 0.2) is 30.7 Å². The SMILES string of the molecule is CCC(C)C(C)NCc1cn[nH]c1-c1cccnc1. The van der Waals surface area contributed by atoms with Crippen LogP contribution in [0.5, 0.6) is 0 Å². The van der Waals surface area contributed by atoms with Crippen molar-refractivity contribution in [3.05, 3.63) is 36.3 Å². The van der Waals surface area contributed by atoms with Crippen molar-refractivity contribution < 1.29 is 0 Å². The van der Waals surface area contributed by atoms with Gasteiger partial charge in [-0.3, -0.25) is 10.1 Å². The Balaban J connectivity index is 2.05. The fourth-order valence-electron chi connectivity index (χ4n) is 2.03. The zero-order valence-electron chi connectivity index (χ0n) is 11.9. The van der Waals surface area contributed by atoms with Crippen LogP contribution in [0.3, 0.4) is 0 Å². The Bertz CT molecular complexity index is 492. The lowest BCUT2D eigenvalue weighted by Gasteiger charge is -2.19. The molecule has 0 aliphatic carbocycles. The topological polar surface area (TPSA) is 53.6 Å². The van der Waals surface area contributed by atoms with Crippen LogP contribution in [0, 0.1) is 5.92 Å². The maximum Gasteiger partial charge on any atom is 0.0710 e. The first-order valence-corrected chi connectivity index (χ1v) is 6.88. The van der Waals surface area contributed by atoms with Crippen molar-refractivity contribution in [3.63, 3.8) is 0 Å². The van der Waals surface area contributed by atoms with Gasteiger partial charge in [0.1, 0.15) is 0 Å². The Kier molecular flexibility index (Phi) is 4.68. The average Bonchev–Trinajstić information content (AvgIpc) is 2.93. The summed E-state index contributed by atoms with van der Waals surface area (Å²) in [7, 11) is 0. The average molecular weight is 258 g/mol. The summed E-state index contributed by atoms with van der Waals surface area (Å²) in [6, 6.07) is 4.48. The minimum Gasteiger partial charge on any atom is -0.310 e. The molecule has 2 atom stereocenters. The molecule has 0 spiro atoms. The monoisotopic (exact) mass is 258 g/mol. The Morgan fingerprint density at radius 2 is 2.16 bits per heavy atom. The molecular formula is C15H22N4. The molecule has 0 aliphatic heterocycles. The van der Waals surface area contributed by atoms with Gasteiger partial charge in [0, 0.05) is 36.1 Å². The summed E-state index contributed by atoms with van der Waals surface area (Å²) in [6.07, 6.45) is 6.71. The van der Waals surface area contributed by atoms with Crippen molar-refractivity contribution in [1.82, 2.24) is 20.5 Å². The minimum absolute atomic E-state index is 0.502. The number of pyridine rings is 1. The van der Waals surface area contributed by atoms with Crippen molar-refractivity contribution in [1.29, 1.82) is 0 Å². The van der Waals surface area contributed by atoms with E-state index in [1.165, 1.54) is 12.0 Å². The van der Waals surface area contributed by atoms with E-state index in [9.17, 15) is 0 Å². The van der Waals surface area contributed by atoms with Crippen LogP contribution in [0.2, 0.25) is 0 Å². The van der Waals surface area contributed by atoms with E-state index < -0.39 is 0 Å². The molecular weight excluding hydrogens is 236 g/mol. The van der Waals surface area contributed by atoms with Gasteiger partial charge in [-0.1, -0.05) is 20.3 Å². The highest BCUT2D eigenvalue weighted by atomic mass is 15.1. The summed E-state index contributed by atoms with van der Waals surface area (Å²) < 4.78 is 0. The minimum atomic E-state index is 0.502. The smallest absolute Gasteiger partial charge is 0.0710 e. The maximum atomic E-state index is 4.15. The quantitative estimate of drug-likeness (QED) is 0.837. The summed E-state index contributed by atoms with van der Waals surface area (Å²) in [5.41, 5.74) is 3.31. The van der Waals surface area contributed by atoms with E-state index in [1.54, 1.807) is 6.20 Å². The molecule has 2 N–H and O–H groups in total. The molecule has 0 aromatic carbocycles. The molecule has 19 heavy (non-hydrogen) atoms. The lowest BCUT2D eigenvalue weighted by molar-refractivity contribution is 0.390. The number of nitrogens with zero attached hydrogens (tertiary/aromatic N) is 2. The number of H-pyrrole nitrogens is 1. The molecule has 4 nitrogen and oxygen atoms in total. The van der Waals surface area contributed by atoms with Crippen LogP contribution in [0.25, 0.3) is 11.3 Å². The van der Waals surface area contributed by atoms with Gasteiger partial charge in [0.2, 0.25) is 0 Å². The number of nitrogens with one attached hydrogen (secondary N) is 2. The number of aromatic nitrogens is 3. The number of hydrogen-bond donors (Lipinski definition) is 2. The molecule has 0 saturated heterocycles. The van der Waals surface area contributed by atoms with Gasteiger partial charge in [-0.2, -0.15) is 5.10 Å². The lowest BCUT2D eigenvalue weighted by Crippen LogP contribution is -2.31. The normalized spacial score (nSPS) is 14.3. The fraction of sp³-hybridized carbons (Fsp3) is 0.467. The highest BCUT2D eigenvalue weighted by Crippen LogP contribution is 2.20. The van der Waals surface area contributed by atoms with Gasteiger partial charge in [0.25, 0.3) is 0 Å². The van der Waals surface area contributed by atoms with E-state index >= 15 is 0 Å². The lowest BCUT2D eigenvalue weighted by atomic mass is 10.0. The first-order chi connectivity index (χ1) is 9.22. The van der Waals surface area contributed by atoms with Gasteiger partial charge in [0.05, 0.1) is 11.9 Å². The van der Waals surface area contributed by atoms with E-state index in [2.05, 4.69) is 41.3 Å². The van der Waals surface area contributed by atoms with Crippen molar-refractivity contribution >= 4 is 0 Å². The Morgan fingerprint density at radius 1 is 1.32 bits per heavy atom. The Hall–Kier alpha value is -1.68. The summed E-state index contributed by atoms with van der Waals surface area (Å²) >= 11 is 0. The summed E-state index contributed by atoms with van der Waals surface area (Å²) in [4.78, 5) is 4.15. The Morgan fingerprint density at radius 3 is 2.84 bits per heavy atom. The molecule has 2 aromatic rings. The second-order valence-corrected chi connectivity index (χ2v) is 5.07. The molecule has 4 heteroatoms. The zero-order valence-corrected chi connectivity index (χ0v) is 11.9. The predicted octanol–water partition coefficient (Wildman–Crippen LogP) is 3.00. The van der Waals surface area contributed by atoms with Crippen LogP contribution in [-0.4, -0.2) is 21.2 Å². The third-order valence-corrected chi connectivity index (χ3v) is 3.78. The van der Waals surface area contributed by atoms with E-state index in [1.807, 2.05) is 24.5 Å². The van der Waals surface area contributed by atoms with Crippen molar-refractivity contribution in [3.8, 4) is 11.3 Å². The molecule has 0 radical (unpaired) electrons. The fourth-order valence-corrected chi connectivity index (χ4v) is 2.03. The molecule has 0 fully saturated rings. The van der Waals surface area contributed by atoms with Gasteiger partial charge in [-0.15, -0.1) is 0 Å². The van der Waals surface area contributed by atoms with Crippen LogP contribution in [0.4, 0.5) is 0 Å². The summed E-state index contributed by atoms with van der Waals surface area (Å²) in [5, 5.41) is 10.8. The van der Waals surface area contributed by atoms with Gasteiger partial charge in [-0.25, -0.2) is 0 Å². The zero-order chi connectivity index (χ0) is 13.7. The van der Waals surface area contributed by atoms with Gasteiger partial charge in [-0.05, 0) is 25.0 Å². The third-order valence-electron chi connectivity index (χ3n) is 3.78. The molecule has 0 bridgehead atoms. The molecule has 0 amide bonds. The van der Waals surface area contributed by atoms with Crippen LogP contribution < -0.4 is 5.32 Å². The number of hydrogen-bond acceptors (Lipinski definition) is 3. The first-order valence-electron chi connectivity index (χ1n) is 6.88. The van der Waals surface area contributed by atoms with Crippen molar-refractivity contribution in [2.75, 3.05) is 0 Å². The van der Waals surface area contributed by atoms with E-state index in [0.29, 0.717) is 12.0 Å². The second-order valence-electron chi connectivity index (χ2n) is 5.07. The molecule has 2 unspecified atom stereocenters. The summed E-state index contributed by atoms with van der Waals surface area (Å²) in [6.45, 7) is 7.56. The molecule has 0 aliphatic rings. The Labute approximate surface area is 114 Å². The number of rotatable bonds is 6. The van der Waals surface area contributed by atoms with Crippen LogP contribution >= 0.6 is 0 Å². The van der Waals surface area contributed by atoms with Crippen molar-refractivity contribution in [2.45, 2.75) is 39.8 Å². The van der Waals surface area contributed by atoms with E-state index in [4.69, 9.17) is 0 Å².